The number of amides is 1. The van der Waals surface area contributed by atoms with Crippen LogP contribution in [0.15, 0.2) is 42.5 Å². The molecule has 0 aliphatic carbocycles. The maximum atomic E-state index is 14.1. The molecule has 172 valence electrons. The van der Waals surface area contributed by atoms with Crippen molar-refractivity contribution in [3.8, 4) is 17.1 Å². The highest BCUT2D eigenvalue weighted by Crippen LogP contribution is 2.36. The topological polar surface area (TPSA) is 108 Å². The number of carboxylic acid groups (broad SMARTS) is 1. The van der Waals surface area contributed by atoms with Gasteiger partial charge in [-0.2, -0.15) is 0 Å². The molecule has 0 saturated carbocycles. The maximum Gasteiger partial charge on any atom is 0.404 e. The number of nitrogens with zero attached hydrogens (tertiary/aromatic N) is 3. The van der Waals surface area contributed by atoms with Crippen LogP contribution in [0.3, 0.4) is 0 Å². The van der Waals surface area contributed by atoms with E-state index < -0.39 is 6.09 Å². The van der Waals surface area contributed by atoms with Crippen LogP contribution in [0.5, 0.6) is 5.75 Å². The van der Waals surface area contributed by atoms with E-state index in [-0.39, 0.29) is 29.4 Å². The number of nitrogens with one attached hydrogen (secondary N) is 1. The Morgan fingerprint density at radius 3 is 2.79 bits per heavy atom. The first-order valence-corrected chi connectivity index (χ1v) is 11.1. The molecule has 9 heteroatoms. The third-order valence-electron chi connectivity index (χ3n) is 6.58. The number of fused-ring (bicyclic) bond motifs is 1. The molecule has 8 nitrogen and oxygen atoms in total. The van der Waals surface area contributed by atoms with E-state index in [1.54, 1.807) is 30.3 Å². The molecule has 1 unspecified atom stereocenters. The molecule has 3 heterocycles. The first kappa shape index (κ1) is 21.4. The summed E-state index contributed by atoms with van der Waals surface area (Å²) in [6.07, 6.45) is 0.552. The van der Waals surface area contributed by atoms with Gasteiger partial charge < -0.3 is 25.2 Å². The molecule has 2 aromatic carbocycles. The SMILES string of the molecule is O=C(O)N[C@H](C1CCOC1)[C@H]1CCN(c2nc(-c3ccccc3O)nc3ccc(F)cc23)C1. The third kappa shape index (κ3) is 4.28. The Hall–Kier alpha value is -3.46. The van der Waals surface area contributed by atoms with Gasteiger partial charge in [-0.3, -0.25) is 0 Å². The Morgan fingerprint density at radius 2 is 2.03 bits per heavy atom. The standard InChI is InChI=1S/C24H25FN4O4/c25-16-5-6-19-18(11-16)23(28-22(26-19)17-3-1-2-4-20(17)30)29-9-7-14(12-29)21(27-24(31)32)15-8-10-33-13-15/h1-6,11,14-15,21,27,30H,7-10,12-13H2,(H,31,32)/t14-,15?,21-/m0/s1. The van der Waals surface area contributed by atoms with Gasteiger partial charge in [-0.1, -0.05) is 12.1 Å². The molecule has 5 rings (SSSR count). The predicted molar refractivity (Wildman–Crippen MR) is 121 cm³/mol. The zero-order chi connectivity index (χ0) is 22.9. The van der Waals surface area contributed by atoms with Crippen molar-refractivity contribution in [1.29, 1.82) is 0 Å². The summed E-state index contributed by atoms with van der Waals surface area (Å²) in [4.78, 5) is 22.8. The lowest BCUT2D eigenvalue weighted by Crippen LogP contribution is -2.46. The fraction of sp³-hybridized carbons (Fsp3) is 0.375. The van der Waals surface area contributed by atoms with Crippen molar-refractivity contribution in [3.05, 3.63) is 48.3 Å². The van der Waals surface area contributed by atoms with E-state index >= 15 is 0 Å². The van der Waals surface area contributed by atoms with Crippen LogP contribution in [0.1, 0.15) is 12.8 Å². The number of anilines is 1. The van der Waals surface area contributed by atoms with Crippen molar-refractivity contribution in [2.75, 3.05) is 31.2 Å². The van der Waals surface area contributed by atoms with Gasteiger partial charge in [-0.25, -0.2) is 19.2 Å². The highest BCUT2D eigenvalue weighted by molar-refractivity contribution is 5.91. The maximum absolute atomic E-state index is 14.1. The van der Waals surface area contributed by atoms with Crippen LogP contribution in [0.25, 0.3) is 22.3 Å². The Morgan fingerprint density at radius 1 is 1.18 bits per heavy atom. The number of hydrogen-bond donors (Lipinski definition) is 3. The molecule has 33 heavy (non-hydrogen) atoms. The second kappa shape index (κ2) is 8.82. The zero-order valence-electron chi connectivity index (χ0n) is 17.9. The number of benzene rings is 2. The van der Waals surface area contributed by atoms with E-state index in [1.807, 2.05) is 0 Å². The van der Waals surface area contributed by atoms with Crippen LogP contribution in [-0.4, -0.2) is 58.6 Å². The fourth-order valence-electron chi connectivity index (χ4n) is 4.98. The van der Waals surface area contributed by atoms with Gasteiger partial charge in [0.25, 0.3) is 0 Å². The minimum Gasteiger partial charge on any atom is -0.507 e. The largest absolute Gasteiger partial charge is 0.507 e. The van der Waals surface area contributed by atoms with Gasteiger partial charge in [0, 0.05) is 37.0 Å². The lowest BCUT2D eigenvalue weighted by atomic mass is 9.87. The first-order chi connectivity index (χ1) is 16.0. The lowest BCUT2D eigenvalue weighted by molar-refractivity contribution is 0.154. The van der Waals surface area contributed by atoms with Gasteiger partial charge in [0.1, 0.15) is 17.4 Å². The molecular weight excluding hydrogens is 427 g/mol. The molecule has 3 atom stereocenters. The van der Waals surface area contributed by atoms with Gasteiger partial charge in [-0.05, 0) is 49.1 Å². The number of phenolic OH excluding ortho intramolecular Hbond substituents is 1. The first-order valence-electron chi connectivity index (χ1n) is 11.1. The Kier molecular flexibility index (Phi) is 5.72. The second-order valence-electron chi connectivity index (χ2n) is 8.64. The number of carbonyl (C=O) groups is 1. The summed E-state index contributed by atoms with van der Waals surface area (Å²) in [5.41, 5.74) is 1.07. The van der Waals surface area contributed by atoms with E-state index in [2.05, 4.69) is 15.2 Å². The van der Waals surface area contributed by atoms with Crippen LogP contribution in [0, 0.1) is 17.7 Å². The highest BCUT2D eigenvalue weighted by Gasteiger charge is 2.38. The van der Waals surface area contributed by atoms with Crippen LogP contribution in [-0.2, 0) is 4.74 Å². The summed E-state index contributed by atoms with van der Waals surface area (Å²) < 4.78 is 19.6. The van der Waals surface area contributed by atoms with E-state index in [0.29, 0.717) is 54.4 Å². The number of ether oxygens (including phenoxy) is 1. The summed E-state index contributed by atoms with van der Waals surface area (Å²) in [7, 11) is 0. The number of para-hydroxylation sites is 1. The van der Waals surface area contributed by atoms with Crippen LogP contribution < -0.4 is 10.2 Å². The molecule has 1 amide bonds. The molecule has 0 radical (unpaired) electrons. The Balaban J connectivity index is 1.52. The van der Waals surface area contributed by atoms with E-state index in [9.17, 15) is 19.4 Å². The molecule has 2 saturated heterocycles. The van der Waals surface area contributed by atoms with Gasteiger partial charge in [0.05, 0.1) is 17.7 Å². The molecule has 2 aliphatic heterocycles. The predicted octanol–water partition coefficient (Wildman–Crippen LogP) is 3.64. The normalized spacial score (nSPS) is 21.4. The van der Waals surface area contributed by atoms with Crippen LogP contribution in [0.4, 0.5) is 15.0 Å². The summed E-state index contributed by atoms with van der Waals surface area (Å²) in [5.74, 6) is 0.817. The van der Waals surface area contributed by atoms with Gasteiger partial charge in [0.2, 0.25) is 0 Å². The third-order valence-corrected chi connectivity index (χ3v) is 6.58. The molecule has 3 N–H and O–H groups in total. The number of hydrogen-bond acceptors (Lipinski definition) is 6. The molecule has 2 aliphatic rings. The summed E-state index contributed by atoms with van der Waals surface area (Å²) in [5, 5.41) is 23.0. The number of halogens is 1. The van der Waals surface area contributed by atoms with Crippen LogP contribution in [0.2, 0.25) is 0 Å². The van der Waals surface area contributed by atoms with Crippen molar-refractivity contribution in [3.63, 3.8) is 0 Å². The number of aromatic nitrogens is 2. The number of phenols is 1. The number of rotatable bonds is 5. The van der Waals surface area contributed by atoms with E-state index in [1.165, 1.54) is 12.1 Å². The minimum atomic E-state index is -1.04. The second-order valence-corrected chi connectivity index (χ2v) is 8.64. The van der Waals surface area contributed by atoms with Crippen molar-refractivity contribution < 1.29 is 24.1 Å². The molecule has 0 bridgehead atoms. The summed E-state index contributed by atoms with van der Waals surface area (Å²) in [6.45, 7) is 2.41. The Bertz CT molecular complexity index is 1180. The van der Waals surface area contributed by atoms with Crippen LogP contribution >= 0.6 is 0 Å². The minimum absolute atomic E-state index is 0.0659. The molecule has 3 aromatic rings. The van der Waals surface area contributed by atoms with Gasteiger partial charge in [-0.15, -0.1) is 0 Å². The molecular formula is C24H25FN4O4. The molecule has 0 spiro atoms. The zero-order valence-corrected chi connectivity index (χ0v) is 17.9. The monoisotopic (exact) mass is 452 g/mol. The van der Waals surface area contributed by atoms with Crippen molar-refractivity contribution in [1.82, 2.24) is 15.3 Å². The van der Waals surface area contributed by atoms with Crippen molar-refractivity contribution in [2.45, 2.75) is 18.9 Å². The quantitative estimate of drug-likeness (QED) is 0.542. The van der Waals surface area contributed by atoms with E-state index in [0.717, 1.165) is 12.8 Å². The Labute approximate surface area is 190 Å². The van der Waals surface area contributed by atoms with Gasteiger partial charge >= 0.3 is 6.09 Å². The van der Waals surface area contributed by atoms with Crippen molar-refractivity contribution in [2.24, 2.45) is 11.8 Å². The average Bonchev–Trinajstić information content (AvgIpc) is 3.50. The average molecular weight is 452 g/mol. The summed E-state index contributed by atoms with van der Waals surface area (Å²) in [6, 6.07) is 11.0. The van der Waals surface area contributed by atoms with E-state index in [4.69, 9.17) is 9.72 Å². The highest BCUT2D eigenvalue weighted by atomic mass is 19.1. The van der Waals surface area contributed by atoms with Crippen molar-refractivity contribution >= 4 is 22.8 Å². The smallest absolute Gasteiger partial charge is 0.404 e. The molecule has 2 fully saturated rings. The lowest BCUT2D eigenvalue weighted by Gasteiger charge is -2.28. The fourth-order valence-corrected chi connectivity index (χ4v) is 4.98. The number of aromatic hydroxyl groups is 1. The van der Waals surface area contributed by atoms with Gasteiger partial charge in [0.15, 0.2) is 5.82 Å². The summed E-state index contributed by atoms with van der Waals surface area (Å²) >= 11 is 0. The molecule has 1 aromatic heterocycles.